The number of hydrazine groups is 1. The van der Waals surface area contributed by atoms with E-state index in [2.05, 4.69) is 0 Å². The topological polar surface area (TPSA) is 85.0 Å². The zero-order valence-electron chi connectivity index (χ0n) is 16.4. The third kappa shape index (κ3) is 4.59. The molecule has 0 bridgehead atoms. The van der Waals surface area contributed by atoms with Gasteiger partial charge in [0.1, 0.15) is 0 Å². The second-order valence-electron chi connectivity index (χ2n) is 6.53. The fourth-order valence-electron chi connectivity index (χ4n) is 2.64. The molecule has 1 aromatic heterocycles. The number of halogens is 18. The zero-order chi connectivity index (χ0) is 30.0. The van der Waals surface area contributed by atoms with Crippen molar-refractivity contribution >= 4 is 5.95 Å². The summed E-state index contributed by atoms with van der Waals surface area (Å²) in [4.78, 5) is 15.2. The molecule has 0 aliphatic rings. The first-order valence-electron chi connectivity index (χ1n) is 7.98. The van der Waals surface area contributed by atoms with Crippen LogP contribution in [0.25, 0.3) is 0 Å². The molecule has 0 N–H and O–H groups in total. The molecule has 0 radical (unpaired) electrons. The largest absolute Gasteiger partial charge is 0.419 e. The Bertz CT molecular complexity index is 877. The van der Waals surface area contributed by atoms with Gasteiger partial charge in [0.15, 0.2) is 16.7 Å². The molecule has 214 valence electrons. The van der Waals surface area contributed by atoms with Crippen molar-refractivity contribution in [2.75, 3.05) is 12.1 Å². The van der Waals surface area contributed by atoms with Crippen molar-refractivity contribution in [2.24, 2.45) is 0 Å². The van der Waals surface area contributed by atoms with Gasteiger partial charge in [0, 0.05) is 0 Å². The number of nitrogens with zero attached hydrogens (tertiary/aromatic N) is 5. The lowest BCUT2D eigenvalue weighted by atomic mass is 9.82. The van der Waals surface area contributed by atoms with Crippen LogP contribution in [0.1, 0.15) is 11.6 Å². The van der Waals surface area contributed by atoms with Crippen LogP contribution in [0.5, 0.6) is 0 Å². The van der Waals surface area contributed by atoms with E-state index < -0.39 is 75.5 Å². The van der Waals surface area contributed by atoms with Gasteiger partial charge in [-0.15, -0.1) is 0 Å². The van der Waals surface area contributed by atoms with Gasteiger partial charge in [-0.2, -0.15) is 89.0 Å². The fourth-order valence-corrected chi connectivity index (χ4v) is 2.64. The fraction of sp³-hybridized carbons (Fsp3) is 0.750. The highest BCUT2D eigenvalue weighted by atomic mass is 19.4. The van der Waals surface area contributed by atoms with Gasteiger partial charge >= 0.3 is 47.9 Å². The van der Waals surface area contributed by atoms with Gasteiger partial charge in [0.25, 0.3) is 5.95 Å². The molecule has 1 aromatic rings. The quantitative estimate of drug-likeness (QED) is 0.267. The normalized spacial score (nSPS) is 15.1. The maximum atomic E-state index is 13.3. The van der Waals surface area contributed by atoms with Crippen LogP contribution < -0.4 is 5.01 Å². The minimum Gasteiger partial charge on any atom is -0.234 e. The summed E-state index contributed by atoms with van der Waals surface area (Å²) in [5.41, 5.74) is -15.3. The average Bonchev–Trinajstić information content (AvgIpc) is 2.53. The molecule has 25 heteroatoms. The summed E-state index contributed by atoms with van der Waals surface area (Å²) in [7, 11) is -0.268. The van der Waals surface area contributed by atoms with Gasteiger partial charge in [0.05, 0.1) is 7.05 Å². The highest BCUT2D eigenvalue weighted by molar-refractivity contribution is 5.34. The SMILES string of the molecule is CN(c1nc(C(C(F)(F)F)(C(F)(F)F)C(F)(F)F)nc(C(C(F)(F)F)(C(F)(F)F)C(F)(F)F)n1)[N+](=O)[O-]. The molecule has 0 fully saturated rings. The molecule has 0 aliphatic heterocycles. The third-order valence-corrected chi connectivity index (χ3v) is 4.38. The van der Waals surface area contributed by atoms with Crippen LogP contribution in [-0.4, -0.2) is 64.1 Å². The van der Waals surface area contributed by atoms with Crippen molar-refractivity contribution in [3.63, 3.8) is 0 Å². The van der Waals surface area contributed by atoms with E-state index in [4.69, 9.17) is 0 Å². The van der Waals surface area contributed by atoms with Crippen LogP contribution >= 0.6 is 0 Å². The Kier molecular flexibility index (Phi) is 7.34. The summed E-state index contributed by atoms with van der Waals surface area (Å²) in [5.74, 6) is -11.4. The van der Waals surface area contributed by atoms with E-state index in [9.17, 15) is 89.1 Å². The Hall–Kier alpha value is -3.05. The van der Waals surface area contributed by atoms with Crippen LogP contribution in [0, 0.1) is 10.1 Å². The first-order valence-corrected chi connectivity index (χ1v) is 7.98. The summed E-state index contributed by atoms with van der Waals surface area (Å²) in [6, 6.07) is 0. The first kappa shape index (κ1) is 32.0. The molecule has 1 heterocycles. The maximum Gasteiger partial charge on any atom is 0.419 e. The molecule has 0 saturated heterocycles. The number of rotatable bonds is 4. The van der Waals surface area contributed by atoms with Crippen molar-refractivity contribution < 1.29 is 84.1 Å². The number of nitro groups is 1. The van der Waals surface area contributed by atoms with Gasteiger partial charge in [-0.05, 0) is 0 Å². The Labute approximate surface area is 188 Å². The van der Waals surface area contributed by atoms with Crippen LogP contribution in [-0.2, 0) is 10.8 Å². The van der Waals surface area contributed by atoms with Crippen molar-refractivity contribution in [2.45, 2.75) is 47.9 Å². The van der Waals surface area contributed by atoms with Crippen LogP contribution in [0.15, 0.2) is 0 Å². The summed E-state index contributed by atoms with van der Waals surface area (Å²) in [6.07, 6.45) is -47.2. The van der Waals surface area contributed by atoms with E-state index in [1.54, 1.807) is 9.97 Å². The Morgan fingerprint density at radius 3 is 0.919 bits per heavy atom. The van der Waals surface area contributed by atoms with Gasteiger partial charge in [-0.3, -0.25) is 0 Å². The van der Waals surface area contributed by atoms with Crippen LogP contribution in [0.2, 0.25) is 0 Å². The standard InChI is InChI=1S/C12H3F18N5O2/c1-34(35(36)37)4-32-2(5(7(13,14)15,8(16,17)18)9(19,20)21)31-3(33-4)6(10(22,23)24,11(25,26)27)12(28,29)30/h1H3. The second kappa shape index (κ2) is 8.49. The summed E-state index contributed by atoms with van der Waals surface area (Å²) in [5, 5.41) is 7.29. The summed E-state index contributed by atoms with van der Waals surface area (Å²) < 4.78 is 240. The number of anilines is 1. The lowest BCUT2D eigenvalue weighted by Gasteiger charge is -2.39. The number of hydrogen-bond acceptors (Lipinski definition) is 5. The second-order valence-corrected chi connectivity index (χ2v) is 6.53. The van der Waals surface area contributed by atoms with Crippen molar-refractivity contribution in [3.8, 4) is 0 Å². The molecule has 0 saturated carbocycles. The van der Waals surface area contributed by atoms with E-state index >= 15 is 0 Å². The average molecular weight is 591 g/mol. The predicted octanol–water partition coefficient (Wildman–Crippen LogP) is 5.35. The minimum atomic E-state index is -7.87. The highest BCUT2D eigenvalue weighted by Crippen LogP contribution is 2.62. The molecule has 37 heavy (non-hydrogen) atoms. The van der Waals surface area contributed by atoms with E-state index in [0.29, 0.717) is 0 Å². The number of aromatic nitrogens is 3. The lowest BCUT2D eigenvalue weighted by Crippen LogP contribution is -2.66. The predicted molar refractivity (Wildman–Crippen MR) is 74.9 cm³/mol. The van der Waals surface area contributed by atoms with E-state index in [1.807, 2.05) is 0 Å². The highest BCUT2D eigenvalue weighted by Gasteiger charge is 2.89. The number of alkyl halides is 18. The van der Waals surface area contributed by atoms with Crippen molar-refractivity contribution in [3.05, 3.63) is 21.8 Å². The molecule has 0 unspecified atom stereocenters. The molecule has 0 aromatic carbocycles. The lowest BCUT2D eigenvalue weighted by molar-refractivity contribution is -0.491. The Morgan fingerprint density at radius 2 is 0.757 bits per heavy atom. The molecule has 0 aliphatic carbocycles. The van der Waals surface area contributed by atoms with Gasteiger partial charge < -0.3 is 0 Å². The Balaban J connectivity index is 4.70. The number of hydrogen-bond donors (Lipinski definition) is 0. The Morgan fingerprint density at radius 1 is 0.541 bits per heavy atom. The molecule has 0 amide bonds. The smallest absolute Gasteiger partial charge is 0.234 e. The van der Waals surface area contributed by atoms with Gasteiger partial charge in [-0.25, -0.2) is 15.1 Å². The van der Waals surface area contributed by atoms with Gasteiger partial charge in [0.2, 0.25) is 0 Å². The molecule has 7 nitrogen and oxygen atoms in total. The molecular formula is C12H3F18N5O2. The summed E-state index contributed by atoms with van der Waals surface area (Å²) >= 11 is 0. The van der Waals surface area contributed by atoms with Crippen molar-refractivity contribution in [1.82, 2.24) is 15.0 Å². The van der Waals surface area contributed by atoms with Crippen LogP contribution in [0.4, 0.5) is 85.0 Å². The minimum absolute atomic E-state index is 0.268. The van der Waals surface area contributed by atoms with Crippen LogP contribution in [0.3, 0.4) is 0 Å². The maximum absolute atomic E-state index is 13.3. The van der Waals surface area contributed by atoms with E-state index in [1.165, 1.54) is 0 Å². The van der Waals surface area contributed by atoms with E-state index in [-0.39, 0.29) is 7.05 Å². The first-order chi connectivity index (χ1) is 15.9. The van der Waals surface area contributed by atoms with Crippen molar-refractivity contribution in [1.29, 1.82) is 0 Å². The monoisotopic (exact) mass is 591 g/mol. The molecular weight excluding hydrogens is 588 g/mol. The van der Waals surface area contributed by atoms with E-state index in [0.717, 1.165) is 4.98 Å². The molecule has 0 spiro atoms. The molecule has 1 rings (SSSR count). The third-order valence-electron chi connectivity index (χ3n) is 4.38. The van der Waals surface area contributed by atoms with Gasteiger partial charge in [-0.1, -0.05) is 5.01 Å². The summed E-state index contributed by atoms with van der Waals surface area (Å²) in [6.45, 7) is 0. The molecule has 0 atom stereocenters. The zero-order valence-corrected chi connectivity index (χ0v) is 16.4.